The van der Waals surface area contributed by atoms with E-state index >= 15 is 0 Å². The summed E-state index contributed by atoms with van der Waals surface area (Å²) >= 11 is 0. The number of carbonyl (C=O) groups excluding carboxylic acids is 1. The molecule has 0 amide bonds. The highest BCUT2D eigenvalue weighted by Gasteiger charge is 2.05. The number of rotatable bonds is 3. The van der Waals surface area contributed by atoms with Gasteiger partial charge < -0.3 is 0 Å². The Bertz CT molecular complexity index is 385. The molecule has 0 radical (unpaired) electrons. The molecule has 1 aromatic rings. The molecule has 1 aromatic heterocycles. The average molecular weight is 187 g/mol. The molecule has 0 aromatic carbocycles. The largest absolute Gasteiger partial charge is 0.292 e. The van der Waals surface area contributed by atoms with E-state index in [0.29, 0.717) is 18.5 Å². The lowest BCUT2D eigenvalue weighted by molar-refractivity contribution is 0.0979. The van der Waals surface area contributed by atoms with Gasteiger partial charge in [0.2, 0.25) is 0 Å². The number of hydrogen-bond acceptors (Lipinski definition) is 2. The summed E-state index contributed by atoms with van der Waals surface area (Å²) < 4.78 is 0. The summed E-state index contributed by atoms with van der Waals surface area (Å²) in [6.07, 6.45) is 2.73. The molecule has 0 N–H and O–H groups in total. The summed E-state index contributed by atoms with van der Waals surface area (Å²) in [5.74, 6) is 5.69. The normalized spacial score (nSPS) is 9.00. The number of pyridine rings is 1. The molecule has 0 saturated heterocycles. The Kier molecular flexibility index (Phi) is 3.87. The van der Waals surface area contributed by atoms with Crippen molar-refractivity contribution < 1.29 is 4.79 Å². The van der Waals surface area contributed by atoms with E-state index in [0.717, 1.165) is 5.56 Å². The van der Waals surface area contributed by atoms with Crippen LogP contribution in [-0.4, -0.2) is 10.8 Å². The summed E-state index contributed by atoms with van der Waals surface area (Å²) in [5.41, 5.74) is 1.60. The van der Waals surface area contributed by atoms with Crippen molar-refractivity contribution in [3.63, 3.8) is 0 Å². The van der Waals surface area contributed by atoms with Crippen molar-refractivity contribution in [2.24, 2.45) is 0 Å². The van der Waals surface area contributed by atoms with Crippen LogP contribution < -0.4 is 0 Å². The first kappa shape index (κ1) is 10.5. The topological polar surface area (TPSA) is 30.0 Å². The number of carbonyl (C=O) groups is 1. The predicted molar refractivity (Wildman–Crippen MR) is 56.0 cm³/mol. The van der Waals surface area contributed by atoms with Crippen molar-refractivity contribution in [2.45, 2.75) is 26.7 Å². The molecule has 14 heavy (non-hydrogen) atoms. The van der Waals surface area contributed by atoms with Gasteiger partial charge in [0, 0.05) is 19.0 Å². The molecule has 1 rings (SSSR count). The Balaban J connectivity index is 2.63. The second-order valence-electron chi connectivity index (χ2n) is 3.07. The molecule has 72 valence electrons. The van der Waals surface area contributed by atoms with Gasteiger partial charge in [-0.2, -0.15) is 0 Å². The van der Waals surface area contributed by atoms with Crippen molar-refractivity contribution in [2.75, 3.05) is 0 Å². The van der Waals surface area contributed by atoms with Crippen molar-refractivity contribution in [3.05, 3.63) is 29.6 Å². The highest BCUT2D eigenvalue weighted by atomic mass is 16.1. The number of ketones is 1. The van der Waals surface area contributed by atoms with Gasteiger partial charge in [-0.25, -0.2) is 0 Å². The summed E-state index contributed by atoms with van der Waals surface area (Å²) in [7, 11) is 0. The Hall–Kier alpha value is -1.62. The van der Waals surface area contributed by atoms with Gasteiger partial charge in [0.25, 0.3) is 0 Å². The Morgan fingerprint density at radius 1 is 1.57 bits per heavy atom. The first-order valence-corrected chi connectivity index (χ1v) is 4.59. The first-order valence-electron chi connectivity index (χ1n) is 4.59. The predicted octanol–water partition coefficient (Wildman–Crippen LogP) is 2.38. The van der Waals surface area contributed by atoms with Gasteiger partial charge in [0.1, 0.15) is 5.69 Å². The number of aromatic nitrogens is 1. The third-order valence-electron chi connectivity index (χ3n) is 1.85. The molecule has 0 saturated carbocycles. The van der Waals surface area contributed by atoms with Crippen LogP contribution in [0.3, 0.4) is 0 Å². The van der Waals surface area contributed by atoms with Gasteiger partial charge in [-0.05, 0) is 31.5 Å². The van der Waals surface area contributed by atoms with Crippen molar-refractivity contribution in [1.29, 1.82) is 0 Å². The maximum atomic E-state index is 11.5. The van der Waals surface area contributed by atoms with Crippen molar-refractivity contribution >= 4 is 5.78 Å². The third kappa shape index (κ3) is 3.02. The molecule has 0 aliphatic carbocycles. The fourth-order valence-corrected chi connectivity index (χ4v) is 1.12. The van der Waals surface area contributed by atoms with Crippen LogP contribution in [0.5, 0.6) is 0 Å². The van der Waals surface area contributed by atoms with E-state index < -0.39 is 0 Å². The van der Waals surface area contributed by atoms with Gasteiger partial charge in [-0.1, -0.05) is 0 Å². The molecule has 0 aliphatic rings. The van der Waals surface area contributed by atoms with E-state index in [1.165, 1.54) is 0 Å². The zero-order valence-corrected chi connectivity index (χ0v) is 8.50. The van der Waals surface area contributed by atoms with Gasteiger partial charge >= 0.3 is 0 Å². The average Bonchev–Trinajstić information content (AvgIpc) is 2.18. The summed E-state index contributed by atoms with van der Waals surface area (Å²) in [6, 6.07) is 3.68. The Morgan fingerprint density at radius 2 is 2.36 bits per heavy atom. The molecule has 2 nitrogen and oxygen atoms in total. The monoisotopic (exact) mass is 187 g/mol. The van der Waals surface area contributed by atoms with Gasteiger partial charge in [-0.15, -0.1) is 11.8 Å². The second-order valence-corrected chi connectivity index (χ2v) is 3.07. The first-order chi connectivity index (χ1) is 6.74. The minimum Gasteiger partial charge on any atom is -0.292 e. The molecular formula is C12H13NO. The number of aryl methyl sites for hydroxylation is 1. The van der Waals surface area contributed by atoms with E-state index in [1.54, 1.807) is 13.1 Å². The lowest BCUT2D eigenvalue weighted by Crippen LogP contribution is -2.01. The van der Waals surface area contributed by atoms with Crippen molar-refractivity contribution in [3.8, 4) is 11.8 Å². The molecule has 0 aliphatic heterocycles. The van der Waals surface area contributed by atoms with Gasteiger partial charge in [0.05, 0.1) is 0 Å². The van der Waals surface area contributed by atoms with Gasteiger partial charge in [-0.3, -0.25) is 9.78 Å². The zero-order chi connectivity index (χ0) is 10.4. The van der Waals surface area contributed by atoms with Crippen LogP contribution in [0.1, 0.15) is 35.8 Å². The van der Waals surface area contributed by atoms with Crippen LogP contribution >= 0.6 is 0 Å². The fraction of sp³-hybridized carbons (Fsp3) is 0.333. The summed E-state index contributed by atoms with van der Waals surface area (Å²) in [4.78, 5) is 15.6. The number of hydrogen-bond donors (Lipinski definition) is 0. The van der Waals surface area contributed by atoms with E-state index in [9.17, 15) is 4.79 Å². The standard InChI is InChI=1S/C12H13NO/c1-3-4-5-6-12(14)11-9-10(2)7-8-13-11/h7-9H,5-6H2,1-2H3. The fourth-order valence-electron chi connectivity index (χ4n) is 1.12. The van der Waals surface area contributed by atoms with Gasteiger partial charge in [0.15, 0.2) is 5.78 Å². The molecule has 0 unspecified atom stereocenters. The van der Waals surface area contributed by atoms with Crippen molar-refractivity contribution in [1.82, 2.24) is 4.98 Å². The maximum absolute atomic E-state index is 11.5. The highest BCUT2D eigenvalue weighted by molar-refractivity contribution is 5.94. The van der Waals surface area contributed by atoms with Crippen LogP contribution in [0.2, 0.25) is 0 Å². The number of nitrogens with zero attached hydrogens (tertiary/aromatic N) is 1. The van der Waals surface area contributed by atoms with Crippen LogP contribution in [-0.2, 0) is 0 Å². The van der Waals surface area contributed by atoms with Crippen LogP contribution in [0.25, 0.3) is 0 Å². The lowest BCUT2D eigenvalue weighted by atomic mass is 10.1. The zero-order valence-electron chi connectivity index (χ0n) is 8.50. The Morgan fingerprint density at radius 3 is 3.00 bits per heavy atom. The van der Waals surface area contributed by atoms with Crippen LogP contribution in [0.15, 0.2) is 18.3 Å². The quantitative estimate of drug-likeness (QED) is 0.537. The minimum absolute atomic E-state index is 0.0662. The second kappa shape index (κ2) is 5.18. The molecule has 0 spiro atoms. The van der Waals surface area contributed by atoms with E-state index in [4.69, 9.17) is 0 Å². The van der Waals surface area contributed by atoms with E-state index in [-0.39, 0.29) is 5.78 Å². The Labute approximate surface area is 84.4 Å². The summed E-state index contributed by atoms with van der Waals surface area (Å²) in [6.45, 7) is 3.72. The summed E-state index contributed by atoms with van der Waals surface area (Å²) in [5, 5.41) is 0. The highest BCUT2D eigenvalue weighted by Crippen LogP contribution is 2.04. The molecule has 0 bridgehead atoms. The smallest absolute Gasteiger partial charge is 0.182 e. The molecule has 0 fully saturated rings. The SMILES string of the molecule is CC#CCCC(=O)c1cc(C)ccn1. The molecule has 0 atom stereocenters. The lowest BCUT2D eigenvalue weighted by Gasteiger charge is -1.98. The number of Topliss-reactive ketones (excluding diaryl/α,β-unsaturated/α-hetero) is 1. The van der Waals surface area contributed by atoms with E-state index in [1.807, 2.05) is 19.1 Å². The molecule has 1 heterocycles. The van der Waals surface area contributed by atoms with Crippen LogP contribution in [0, 0.1) is 18.8 Å². The van der Waals surface area contributed by atoms with E-state index in [2.05, 4.69) is 16.8 Å². The molecule has 2 heteroatoms. The van der Waals surface area contributed by atoms with Crippen LogP contribution in [0.4, 0.5) is 0 Å². The maximum Gasteiger partial charge on any atom is 0.182 e. The molecular weight excluding hydrogens is 174 g/mol. The third-order valence-corrected chi connectivity index (χ3v) is 1.85. The minimum atomic E-state index is 0.0662.